The van der Waals surface area contributed by atoms with Gasteiger partial charge >= 0.3 is 39.5 Å². The summed E-state index contributed by atoms with van der Waals surface area (Å²) in [5.74, 6) is 0.133. The van der Waals surface area contributed by atoms with E-state index >= 15 is 0 Å². The Morgan fingerprint density at radius 3 is 0.780 bits per heavy atom. The first-order chi connectivity index (χ1) is 43.8. The van der Waals surface area contributed by atoms with E-state index in [9.17, 15) is 43.2 Å². The molecule has 0 aliphatic rings. The number of phosphoric ester groups is 2. The lowest BCUT2D eigenvalue weighted by Gasteiger charge is -2.21. The smallest absolute Gasteiger partial charge is 0.462 e. The number of hydrogen-bond acceptors (Lipinski definition) is 15. The molecule has 0 aliphatic carbocycles. The average Bonchev–Trinajstić information content (AvgIpc) is 3.52. The van der Waals surface area contributed by atoms with Crippen molar-refractivity contribution in [3.05, 3.63) is 0 Å². The lowest BCUT2D eigenvalue weighted by atomic mass is 9.99. The Hall–Kier alpha value is -1.94. The maximum Gasteiger partial charge on any atom is 0.472 e. The molecule has 19 heteroatoms. The van der Waals surface area contributed by atoms with Gasteiger partial charge in [-0.1, -0.05) is 312 Å². The Morgan fingerprint density at radius 2 is 0.527 bits per heavy atom. The Bertz CT molecular complexity index is 1790. The largest absolute Gasteiger partial charge is 0.472 e. The fourth-order valence-electron chi connectivity index (χ4n) is 10.8. The third kappa shape index (κ3) is 62.6. The number of aliphatic hydroxyl groups is 1. The van der Waals surface area contributed by atoms with E-state index in [0.29, 0.717) is 25.7 Å². The number of unbranched alkanes of at least 4 members (excludes halogenated alkanes) is 35. The molecule has 0 spiro atoms. The van der Waals surface area contributed by atoms with E-state index in [1.807, 2.05) is 0 Å². The topological polar surface area (TPSA) is 237 Å². The molecule has 5 unspecified atom stereocenters. The van der Waals surface area contributed by atoms with Crippen LogP contribution in [0.15, 0.2) is 0 Å². The quantitative estimate of drug-likeness (QED) is 0.0222. The molecule has 17 nitrogen and oxygen atoms in total. The van der Waals surface area contributed by atoms with E-state index in [1.165, 1.54) is 167 Å². The van der Waals surface area contributed by atoms with Crippen LogP contribution in [0.25, 0.3) is 0 Å². The van der Waals surface area contributed by atoms with Crippen molar-refractivity contribution in [2.45, 2.75) is 381 Å². The number of aliphatic hydroxyl groups excluding tert-OH is 1. The van der Waals surface area contributed by atoms with E-state index in [2.05, 4.69) is 48.5 Å². The Kier molecular flexibility index (Phi) is 61.5. The molecule has 0 bridgehead atoms. The molecule has 0 aliphatic heterocycles. The van der Waals surface area contributed by atoms with Crippen LogP contribution in [0.3, 0.4) is 0 Å². The van der Waals surface area contributed by atoms with Crippen molar-refractivity contribution >= 4 is 39.5 Å². The number of esters is 4. The van der Waals surface area contributed by atoms with Crippen LogP contribution in [0.1, 0.15) is 363 Å². The molecule has 0 heterocycles. The van der Waals surface area contributed by atoms with E-state index in [-0.39, 0.29) is 25.7 Å². The van der Waals surface area contributed by atoms with E-state index in [1.54, 1.807) is 0 Å². The van der Waals surface area contributed by atoms with Crippen molar-refractivity contribution in [1.29, 1.82) is 0 Å². The van der Waals surface area contributed by atoms with Gasteiger partial charge in [-0.25, -0.2) is 9.13 Å². The molecule has 8 atom stereocenters. The minimum absolute atomic E-state index is 0.102. The van der Waals surface area contributed by atoms with Gasteiger partial charge in [-0.3, -0.25) is 37.3 Å². The van der Waals surface area contributed by atoms with Gasteiger partial charge in [-0.05, 0) is 43.4 Å². The first-order valence-corrected chi connectivity index (χ1v) is 40.5. The van der Waals surface area contributed by atoms with Crippen LogP contribution in [0, 0.1) is 17.8 Å². The molecule has 0 rings (SSSR count). The molecular formula is C72H140O17P2. The normalized spacial score (nSPS) is 15.1. The summed E-state index contributed by atoms with van der Waals surface area (Å²) in [6.07, 6.45) is 47.2. The van der Waals surface area contributed by atoms with Gasteiger partial charge < -0.3 is 33.8 Å². The molecule has 0 aromatic heterocycles. The number of phosphoric acid groups is 2. The molecular weight excluding hydrogens is 1200 g/mol. The molecule has 0 saturated heterocycles. The van der Waals surface area contributed by atoms with Gasteiger partial charge in [0.15, 0.2) is 12.2 Å². The highest BCUT2D eigenvalue weighted by molar-refractivity contribution is 7.47. The summed E-state index contributed by atoms with van der Waals surface area (Å²) >= 11 is 0. The van der Waals surface area contributed by atoms with Crippen molar-refractivity contribution in [1.82, 2.24) is 0 Å². The molecule has 0 radical (unpaired) electrons. The van der Waals surface area contributed by atoms with Crippen LogP contribution >= 0.6 is 15.6 Å². The van der Waals surface area contributed by atoms with Crippen LogP contribution in [0.2, 0.25) is 0 Å². The zero-order chi connectivity index (χ0) is 67.3. The second-order valence-electron chi connectivity index (χ2n) is 26.7. The highest BCUT2D eigenvalue weighted by Gasteiger charge is 2.30. The minimum atomic E-state index is -4.95. The van der Waals surface area contributed by atoms with Gasteiger partial charge in [0.05, 0.1) is 26.4 Å². The van der Waals surface area contributed by atoms with Gasteiger partial charge in [0, 0.05) is 25.7 Å². The predicted octanol–water partition coefficient (Wildman–Crippen LogP) is 20.6. The zero-order valence-electron chi connectivity index (χ0n) is 59.3. The second kappa shape index (κ2) is 62.8. The summed E-state index contributed by atoms with van der Waals surface area (Å²) in [5, 5.41) is 10.6. The maximum atomic E-state index is 13.0. The highest BCUT2D eigenvalue weighted by Crippen LogP contribution is 2.45. The van der Waals surface area contributed by atoms with Gasteiger partial charge in [-0.2, -0.15) is 0 Å². The lowest BCUT2D eigenvalue weighted by molar-refractivity contribution is -0.161. The molecule has 91 heavy (non-hydrogen) atoms. The first-order valence-electron chi connectivity index (χ1n) is 37.5. The van der Waals surface area contributed by atoms with Crippen molar-refractivity contribution in [2.75, 3.05) is 39.6 Å². The molecule has 3 N–H and O–H groups in total. The Labute approximate surface area is 556 Å². The third-order valence-corrected chi connectivity index (χ3v) is 19.6. The summed E-state index contributed by atoms with van der Waals surface area (Å²) in [7, 11) is -9.90. The number of hydrogen-bond donors (Lipinski definition) is 3. The van der Waals surface area contributed by atoms with Crippen LogP contribution in [-0.4, -0.2) is 96.7 Å². The molecule has 0 fully saturated rings. The number of carbonyl (C=O) groups is 4. The fourth-order valence-corrected chi connectivity index (χ4v) is 12.4. The van der Waals surface area contributed by atoms with Crippen LogP contribution in [-0.2, 0) is 65.4 Å². The standard InChI is InChI=1S/C72H140O17P2/c1-8-12-13-14-15-16-17-18-19-20-21-22-23-28-31-41-48-55-71(76)88-67(59-82-69(74)53-46-39-30-27-25-24-26-29-36-43-50-63(5)9-2)61-86-90(78,79)84-57-66(73)58-85-91(80,81)87-62-68(89-72(77)56-49-42-35-33-38-45-52-65(7)11-4)60-83-70(75)54-47-40-34-32-37-44-51-64(6)10-3/h63-68,73H,8-62H2,1-7H3,(H,78,79)(H,80,81)/t63?,64?,65?,66-,67-,68-/m1/s1. The molecule has 0 amide bonds. The third-order valence-electron chi connectivity index (χ3n) is 17.7. The monoisotopic (exact) mass is 1340 g/mol. The van der Waals surface area contributed by atoms with Crippen LogP contribution in [0.5, 0.6) is 0 Å². The fraction of sp³-hybridized carbons (Fsp3) is 0.944. The molecule has 540 valence electrons. The summed E-state index contributed by atoms with van der Waals surface area (Å²) in [6, 6.07) is 0. The highest BCUT2D eigenvalue weighted by atomic mass is 31.2. The van der Waals surface area contributed by atoms with E-state index < -0.39 is 97.5 Å². The summed E-state index contributed by atoms with van der Waals surface area (Å²) in [4.78, 5) is 72.6. The number of ether oxygens (including phenoxy) is 4. The average molecular weight is 1340 g/mol. The maximum absolute atomic E-state index is 13.0. The van der Waals surface area contributed by atoms with Gasteiger partial charge in [0.1, 0.15) is 19.3 Å². The van der Waals surface area contributed by atoms with Gasteiger partial charge in [0.25, 0.3) is 0 Å². The summed E-state index contributed by atoms with van der Waals surface area (Å²) in [5.41, 5.74) is 0. The first kappa shape index (κ1) is 89.1. The molecule has 0 aromatic carbocycles. The number of carbonyl (C=O) groups excluding carboxylic acids is 4. The van der Waals surface area contributed by atoms with Crippen molar-refractivity contribution in [3.63, 3.8) is 0 Å². The van der Waals surface area contributed by atoms with Crippen molar-refractivity contribution in [3.8, 4) is 0 Å². The minimum Gasteiger partial charge on any atom is -0.462 e. The molecule has 0 saturated carbocycles. The second-order valence-corrected chi connectivity index (χ2v) is 29.6. The summed E-state index contributed by atoms with van der Waals surface area (Å²) in [6.45, 7) is 11.8. The summed E-state index contributed by atoms with van der Waals surface area (Å²) < 4.78 is 68.3. The predicted molar refractivity (Wildman–Crippen MR) is 368 cm³/mol. The SMILES string of the molecule is CCCCCCCCCCCCCCCCCCCC(=O)O[C@H](COC(=O)CCCCCCCCCCCCC(C)CC)COP(=O)(O)OC[C@@H](O)COP(=O)(O)OC[C@@H](COC(=O)CCCCCCCCC(C)CC)OC(=O)CCCCCCCCC(C)CC. The van der Waals surface area contributed by atoms with Crippen molar-refractivity contribution in [2.24, 2.45) is 17.8 Å². The van der Waals surface area contributed by atoms with E-state index in [0.717, 1.165) is 114 Å². The number of rotatable bonds is 70. The zero-order valence-corrected chi connectivity index (χ0v) is 61.1. The van der Waals surface area contributed by atoms with E-state index in [4.69, 9.17) is 37.0 Å². The van der Waals surface area contributed by atoms with Crippen LogP contribution < -0.4 is 0 Å². The van der Waals surface area contributed by atoms with Crippen molar-refractivity contribution < 1.29 is 80.2 Å². The van der Waals surface area contributed by atoms with Crippen LogP contribution in [0.4, 0.5) is 0 Å². The molecule has 0 aromatic rings. The Morgan fingerprint density at radius 1 is 0.308 bits per heavy atom. The lowest BCUT2D eigenvalue weighted by Crippen LogP contribution is -2.30. The van der Waals surface area contributed by atoms with Gasteiger partial charge in [-0.15, -0.1) is 0 Å². The Balaban J connectivity index is 5.25. The van der Waals surface area contributed by atoms with Gasteiger partial charge in [0.2, 0.25) is 0 Å².